The van der Waals surface area contributed by atoms with Crippen LogP contribution in [0.3, 0.4) is 0 Å². The molecule has 1 aliphatic rings. The summed E-state index contributed by atoms with van der Waals surface area (Å²) in [5, 5.41) is 0. The summed E-state index contributed by atoms with van der Waals surface area (Å²) in [5.74, 6) is -0.528. The molecule has 1 heterocycles. The van der Waals surface area contributed by atoms with Gasteiger partial charge >= 0.3 is 5.84 Å². The van der Waals surface area contributed by atoms with Crippen molar-refractivity contribution < 1.29 is 9.58 Å². The van der Waals surface area contributed by atoms with Crippen molar-refractivity contribution in [2.24, 2.45) is 15.7 Å². The molecule has 0 aromatic rings. The maximum absolute atomic E-state index is 10.5. The molecule has 0 atom stereocenters. The van der Waals surface area contributed by atoms with Crippen LogP contribution < -0.4 is 5.73 Å². The van der Waals surface area contributed by atoms with E-state index in [1.54, 1.807) is 6.92 Å². The Kier molecular flexibility index (Phi) is 1.61. The second-order valence-corrected chi connectivity index (χ2v) is 1.91. The van der Waals surface area contributed by atoms with E-state index in [1.807, 2.05) is 0 Å². The quantitative estimate of drug-likeness (QED) is 0.375. The Morgan fingerprint density at radius 1 is 1.64 bits per heavy atom. The molecular formula is C5H5N5O. The Bertz CT molecular complexity index is 320. The van der Waals surface area contributed by atoms with E-state index in [-0.39, 0.29) is 11.5 Å². The molecule has 0 bridgehead atoms. The number of amidine groups is 2. The lowest BCUT2D eigenvalue weighted by Crippen LogP contribution is -2.28. The van der Waals surface area contributed by atoms with E-state index >= 15 is 0 Å². The highest BCUT2D eigenvalue weighted by Crippen LogP contribution is 1.96. The fourth-order valence-corrected chi connectivity index (χ4v) is 0.678. The summed E-state index contributed by atoms with van der Waals surface area (Å²) in [7, 11) is 0. The van der Waals surface area contributed by atoms with Gasteiger partial charge in [-0.3, -0.25) is 4.79 Å². The Hall–Kier alpha value is -1.81. The molecule has 1 aliphatic heterocycles. The zero-order valence-electron chi connectivity index (χ0n) is 5.77. The minimum atomic E-state index is -0.751. The van der Waals surface area contributed by atoms with E-state index in [1.165, 1.54) is 0 Å². The first kappa shape index (κ1) is 7.30. The minimum Gasteiger partial charge on any atom is -0.497 e. The van der Waals surface area contributed by atoms with Gasteiger partial charge in [0.05, 0.1) is 0 Å². The molecule has 2 N–H and O–H groups in total. The zero-order valence-corrected chi connectivity index (χ0v) is 5.77. The van der Waals surface area contributed by atoms with Gasteiger partial charge in [0.2, 0.25) is 11.5 Å². The third-order valence-electron chi connectivity index (χ3n) is 1.08. The van der Waals surface area contributed by atoms with Crippen molar-refractivity contribution in [1.82, 2.24) is 0 Å². The second-order valence-electron chi connectivity index (χ2n) is 1.91. The van der Waals surface area contributed by atoms with Crippen LogP contribution in [0, 0.1) is 0 Å². The number of carbonyl (C=O) groups excluding carboxylic acids is 1. The van der Waals surface area contributed by atoms with Crippen LogP contribution in [0.25, 0.3) is 5.53 Å². The van der Waals surface area contributed by atoms with Crippen molar-refractivity contribution in [3.05, 3.63) is 5.53 Å². The van der Waals surface area contributed by atoms with Gasteiger partial charge in [-0.05, 0) is 4.99 Å². The Labute approximate surface area is 62.1 Å². The summed E-state index contributed by atoms with van der Waals surface area (Å²) in [6, 6.07) is 0. The van der Waals surface area contributed by atoms with Gasteiger partial charge in [0, 0.05) is 6.92 Å². The van der Waals surface area contributed by atoms with Crippen LogP contribution in [-0.2, 0) is 4.79 Å². The topological polar surface area (TPSA) is 104 Å². The molecule has 56 valence electrons. The van der Waals surface area contributed by atoms with Gasteiger partial charge in [0.25, 0.3) is 5.91 Å². The van der Waals surface area contributed by atoms with E-state index in [2.05, 4.69) is 14.8 Å². The Balaban J connectivity index is 3.13. The van der Waals surface area contributed by atoms with Crippen molar-refractivity contribution in [1.29, 1.82) is 0 Å². The summed E-state index contributed by atoms with van der Waals surface area (Å²) in [4.78, 5) is 20.5. The van der Waals surface area contributed by atoms with E-state index < -0.39 is 5.91 Å². The third kappa shape index (κ3) is 1.20. The highest BCUT2D eigenvalue weighted by atomic mass is 16.1. The Morgan fingerprint density at radius 3 is 2.64 bits per heavy atom. The summed E-state index contributed by atoms with van der Waals surface area (Å²) in [6.45, 7) is 1.57. The Morgan fingerprint density at radius 2 is 2.27 bits per heavy atom. The first-order valence-corrected chi connectivity index (χ1v) is 2.81. The number of nitrogens with zero attached hydrogens (tertiary/aromatic N) is 4. The number of primary amides is 1. The van der Waals surface area contributed by atoms with Gasteiger partial charge in [-0.15, -0.1) is 0 Å². The standard InChI is InChI=1S/C5H5N5O/c1-2-8-3(4(6)11)5(9-2)10-7/h1H3,(H2,6,11). The number of carbonyl (C=O) groups is 1. The molecule has 0 unspecified atom stereocenters. The van der Waals surface area contributed by atoms with Gasteiger partial charge in [-0.1, -0.05) is 0 Å². The monoisotopic (exact) mass is 151 g/mol. The largest absolute Gasteiger partial charge is 0.497 e. The van der Waals surface area contributed by atoms with Gasteiger partial charge in [0.15, 0.2) is 0 Å². The summed E-state index contributed by atoms with van der Waals surface area (Å²) in [6.07, 6.45) is 0. The fourth-order valence-electron chi connectivity index (χ4n) is 0.678. The summed E-state index contributed by atoms with van der Waals surface area (Å²) < 4.78 is 0. The maximum atomic E-state index is 10.5. The van der Waals surface area contributed by atoms with Crippen molar-refractivity contribution in [3.63, 3.8) is 0 Å². The molecular weight excluding hydrogens is 146 g/mol. The number of amides is 1. The molecule has 0 aromatic carbocycles. The summed E-state index contributed by atoms with van der Waals surface area (Å²) in [5.41, 5.74) is 13.1. The molecule has 0 spiro atoms. The predicted molar refractivity (Wildman–Crippen MR) is 38.4 cm³/mol. The van der Waals surface area contributed by atoms with Crippen LogP contribution in [0.4, 0.5) is 0 Å². The molecule has 6 nitrogen and oxygen atoms in total. The zero-order chi connectivity index (χ0) is 8.43. The van der Waals surface area contributed by atoms with Crippen molar-refractivity contribution in [3.8, 4) is 0 Å². The van der Waals surface area contributed by atoms with Gasteiger partial charge in [-0.25, -0.2) is 0 Å². The summed E-state index contributed by atoms with van der Waals surface area (Å²) >= 11 is 0. The lowest BCUT2D eigenvalue weighted by atomic mass is 10.3. The molecule has 0 aromatic heterocycles. The maximum Gasteiger partial charge on any atom is 0.434 e. The van der Waals surface area contributed by atoms with Crippen LogP contribution in [0.1, 0.15) is 6.92 Å². The van der Waals surface area contributed by atoms with Crippen LogP contribution in [0.5, 0.6) is 0 Å². The normalized spacial score (nSPS) is 15.5. The molecule has 0 radical (unpaired) electrons. The van der Waals surface area contributed by atoms with Gasteiger partial charge in [0.1, 0.15) is 0 Å². The molecule has 6 heteroatoms. The lowest BCUT2D eigenvalue weighted by molar-refractivity contribution is -0.111. The third-order valence-corrected chi connectivity index (χ3v) is 1.08. The molecule has 1 amide bonds. The van der Waals surface area contributed by atoms with Crippen molar-refractivity contribution >= 4 is 23.3 Å². The van der Waals surface area contributed by atoms with Crippen LogP contribution in [-0.4, -0.2) is 28.1 Å². The van der Waals surface area contributed by atoms with E-state index in [0.717, 1.165) is 0 Å². The molecule has 0 fully saturated rings. The van der Waals surface area contributed by atoms with Gasteiger partial charge in [-0.2, -0.15) is 4.99 Å². The molecule has 0 aliphatic carbocycles. The SMILES string of the molecule is CC1=NC(=[N+]=[N-])C(C(N)=O)=N1. The average Bonchev–Trinajstić information content (AvgIpc) is 2.30. The first-order valence-electron chi connectivity index (χ1n) is 2.81. The molecule has 1 rings (SSSR count). The van der Waals surface area contributed by atoms with Crippen molar-refractivity contribution in [2.75, 3.05) is 0 Å². The van der Waals surface area contributed by atoms with E-state index in [9.17, 15) is 4.79 Å². The smallest absolute Gasteiger partial charge is 0.434 e. The van der Waals surface area contributed by atoms with Crippen LogP contribution in [0.15, 0.2) is 9.98 Å². The minimum absolute atomic E-state index is 0.106. The molecule has 0 saturated heterocycles. The number of aliphatic imine (C=N–C) groups is 2. The highest BCUT2D eigenvalue weighted by molar-refractivity contribution is 6.68. The number of hydrogen-bond donors (Lipinski definition) is 1. The number of nitrogens with two attached hydrogens (primary N) is 1. The first-order chi connectivity index (χ1) is 5.15. The number of rotatable bonds is 1. The molecule has 11 heavy (non-hydrogen) atoms. The van der Waals surface area contributed by atoms with Crippen LogP contribution in [0.2, 0.25) is 0 Å². The van der Waals surface area contributed by atoms with E-state index in [0.29, 0.717) is 5.84 Å². The lowest BCUT2D eigenvalue weighted by Gasteiger charge is -1.82. The predicted octanol–water partition coefficient (Wildman–Crippen LogP) is -1.03. The van der Waals surface area contributed by atoms with Crippen LogP contribution >= 0.6 is 0 Å². The van der Waals surface area contributed by atoms with E-state index in [4.69, 9.17) is 11.3 Å². The van der Waals surface area contributed by atoms with Crippen molar-refractivity contribution in [2.45, 2.75) is 6.92 Å². The second kappa shape index (κ2) is 2.43. The highest BCUT2D eigenvalue weighted by Gasteiger charge is 2.29. The fraction of sp³-hybridized carbons (Fsp3) is 0.200. The molecule has 0 saturated carbocycles. The van der Waals surface area contributed by atoms with Gasteiger partial charge < -0.3 is 16.1 Å². The average molecular weight is 151 g/mol. The number of hydrogen-bond acceptors (Lipinski definition) is 2.